The van der Waals surface area contributed by atoms with E-state index in [-0.39, 0.29) is 10.6 Å². The van der Waals surface area contributed by atoms with E-state index in [0.29, 0.717) is 0 Å². The van der Waals surface area contributed by atoms with Gasteiger partial charge in [0.2, 0.25) is 0 Å². The van der Waals surface area contributed by atoms with Crippen molar-refractivity contribution in [3.05, 3.63) is 58.1 Å². The maximum absolute atomic E-state index is 11.0. The Morgan fingerprint density at radius 3 is 2.65 bits per heavy atom. The molecule has 1 N–H and O–H groups in total. The second kappa shape index (κ2) is 6.43. The molecule has 0 bridgehead atoms. The molecule has 0 fully saturated rings. The molecule has 0 amide bonds. The highest BCUT2D eigenvalue weighted by Gasteiger charge is 2.10. The maximum atomic E-state index is 11.0. The van der Waals surface area contributed by atoms with Crippen LogP contribution in [0.3, 0.4) is 0 Å². The average Bonchev–Trinajstić information content (AvgIpc) is 2.38. The summed E-state index contributed by atoms with van der Waals surface area (Å²) in [7, 11) is 0. The van der Waals surface area contributed by atoms with Crippen LogP contribution in [0.25, 0.3) is 0 Å². The van der Waals surface area contributed by atoms with Crippen molar-refractivity contribution in [2.24, 2.45) is 0 Å². The first-order valence-corrected chi connectivity index (χ1v) is 7.18. The van der Waals surface area contributed by atoms with Gasteiger partial charge in [0.15, 0.2) is 0 Å². The molecule has 0 heterocycles. The van der Waals surface area contributed by atoms with Crippen LogP contribution in [0.2, 0.25) is 0 Å². The van der Waals surface area contributed by atoms with E-state index in [1.54, 1.807) is 12.1 Å². The molecule has 104 valence electrons. The van der Waals surface area contributed by atoms with Gasteiger partial charge in [-0.1, -0.05) is 29.5 Å². The van der Waals surface area contributed by atoms with E-state index in [1.807, 2.05) is 38.1 Å². The van der Waals surface area contributed by atoms with Crippen LogP contribution in [0.15, 0.2) is 52.3 Å². The first-order valence-electron chi connectivity index (χ1n) is 6.36. The fraction of sp³-hybridized carbons (Fsp3) is 0.200. The molecule has 0 aliphatic rings. The zero-order valence-corrected chi connectivity index (χ0v) is 12.2. The number of non-ortho nitro benzene ring substituents is 1. The van der Waals surface area contributed by atoms with Gasteiger partial charge in [-0.25, -0.2) is 0 Å². The molecule has 20 heavy (non-hydrogen) atoms. The van der Waals surface area contributed by atoms with Gasteiger partial charge in [0.25, 0.3) is 5.69 Å². The summed E-state index contributed by atoms with van der Waals surface area (Å²) in [5, 5.41) is 14.1. The molecule has 0 saturated heterocycles. The van der Waals surface area contributed by atoms with Crippen molar-refractivity contribution in [3.8, 4) is 0 Å². The molecule has 2 aromatic rings. The Labute approximate surface area is 122 Å². The predicted octanol–water partition coefficient (Wildman–Crippen LogP) is 4.49. The third-order valence-electron chi connectivity index (χ3n) is 2.71. The molecule has 0 aliphatic heterocycles. The zero-order valence-electron chi connectivity index (χ0n) is 11.4. The topological polar surface area (TPSA) is 55.2 Å². The van der Waals surface area contributed by atoms with E-state index in [2.05, 4.69) is 11.4 Å². The molecular weight excluding hydrogens is 272 g/mol. The minimum absolute atomic E-state index is 0.110. The highest BCUT2D eigenvalue weighted by atomic mass is 32.2. The van der Waals surface area contributed by atoms with Crippen LogP contribution in [0.5, 0.6) is 0 Å². The Balaban J connectivity index is 2.32. The van der Waals surface area contributed by atoms with Crippen molar-refractivity contribution >= 4 is 23.1 Å². The highest BCUT2D eigenvalue weighted by Crippen LogP contribution is 2.33. The van der Waals surface area contributed by atoms with Crippen LogP contribution in [0, 0.1) is 17.0 Å². The minimum atomic E-state index is -0.360. The fourth-order valence-electron chi connectivity index (χ4n) is 1.87. The van der Waals surface area contributed by atoms with E-state index >= 15 is 0 Å². The largest absolute Gasteiger partial charge is 0.385 e. The number of nitro groups is 1. The molecule has 2 aromatic carbocycles. The molecule has 0 radical (unpaired) electrons. The summed E-state index contributed by atoms with van der Waals surface area (Å²) in [5.74, 6) is 0. The molecule has 0 atom stereocenters. The minimum Gasteiger partial charge on any atom is -0.385 e. The van der Waals surface area contributed by atoms with Crippen molar-refractivity contribution in [1.82, 2.24) is 0 Å². The normalized spacial score (nSPS) is 10.3. The third-order valence-corrected chi connectivity index (χ3v) is 3.67. The van der Waals surface area contributed by atoms with Crippen LogP contribution < -0.4 is 5.32 Å². The first kappa shape index (κ1) is 14.4. The lowest BCUT2D eigenvalue weighted by Crippen LogP contribution is -1.98. The smallest absolute Gasteiger partial charge is 0.272 e. The number of nitrogens with zero attached hydrogens (tertiary/aromatic N) is 1. The first-order chi connectivity index (χ1) is 9.58. The molecular formula is C15H16N2O2S. The molecule has 5 heteroatoms. The molecule has 0 saturated carbocycles. The number of benzene rings is 2. The third kappa shape index (κ3) is 3.74. The van der Waals surface area contributed by atoms with Gasteiger partial charge in [-0.2, -0.15) is 0 Å². The Hall–Kier alpha value is -2.01. The van der Waals surface area contributed by atoms with Gasteiger partial charge in [-0.15, -0.1) is 0 Å². The standard InChI is InChI=1S/C15H16N2O2S/c1-3-16-12-8-13(17(18)19)10-15(9-12)20-14-6-4-5-11(2)7-14/h4-10,16H,3H2,1-2H3. The molecule has 0 spiro atoms. The van der Waals surface area contributed by atoms with Crippen molar-refractivity contribution < 1.29 is 4.92 Å². The van der Waals surface area contributed by atoms with Gasteiger partial charge in [0, 0.05) is 34.2 Å². The van der Waals surface area contributed by atoms with Gasteiger partial charge in [-0.3, -0.25) is 10.1 Å². The van der Waals surface area contributed by atoms with Crippen molar-refractivity contribution in [2.75, 3.05) is 11.9 Å². The highest BCUT2D eigenvalue weighted by molar-refractivity contribution is 7.99. The number of rotatable bonds is 5. The Morgan fingerprint density at radius 1 is 1.20 bits per heavy atom. The number of aryl methyl sites for hydroxylation is 1. The van der Waals surface area contributed by atoms with E-state index in [1.165, 1.54) is 17.3 Å². The van der Waals surface area contributed by atoms with Crippen LogP contribution in [0.1, 0.15) is 12.5 Å². The summed E-state index contributed by atoms with van der Waals surface area (Å²) in [6.07, 6.45) is 0. The lowest BCUT2D eigenvalue weighted by atomic mass is 10.2. The quantitative estimate of drug-likeness (QED) is 0.650. The van der Waals surface area contributed by atoms with Gasteiger partial charge in [-0.05, 0) is 32.0 Å². The van der Waals surface area contributed by atoms with Crippen molar-refractivity contribution in [2.45, 2.75) is 23.6 Å². The number of hydrogen-bond donors (Lipinski definition) is 1. The van der Waals surface area contributed by atoms with E-state index in [9.17, 15) is 10.1 Å². The zero-order chi connectivity index (χ0) is 14.5. The van der Waals surface area contributed by atoms with Crippen LogP contribution in [0.4, 0.5) is 11.4 Å². The number of nitro benzene ring substituents is 1. The van der Waals surface area contributed by atoms with Gasteiger partial charge in [0.1, 0.15) is 0 Å². The summed E-state index contributed by atoms with van der Waals surface area (Å²) in [6, 6.07) is 13.2. The van der Waals surface area contributed by atoms with Crippen LogP contribution in [-0.4, -0.2) is 11.5 Å². The molecule has 0 aliphatic carbocycles. The van der Waals surface area contributed by atoms with E-state index in [4.69, 9.17) is 0 Å². The Morgan fingerprint density at radius 2 is 2.00 bits per heavy atom. The average molecular weight is 288 g/mol. The Kier molecular flexibility index (Phi) is 4.63. The number of nitrogens with one attached hydrogen (secondary N) is 1. The summed E-state index contributed by atoms with van der Waals surface area (Å²) in [4.78, 5) is 12.6. The van der Waals surface area contributed by atoms with Crippen molar-refractivity contribution in [1.29, 1.82) is 0 Å². The lowest BCUT2D eigenvalue weighted by molar-refractivity contribution is -0.385. The predicted molar refractivity (Wildman–Crippen MR) is 82.6 cm³/mol. The van der Waals surface area contributed by atoms with Crippen molar-refractivity contribution in [3.63, 3.8) is 0 Å². The molecule has 0 unspecified atom stereocenters. The fourth-order valence-corrected chi connectivity index (χ4v) is 2.90. The Bertz CT molecular complexity index is 629. The maximum Gasteiger partial charge on any atom is 0.272 e. The van der Waals surface area contributed by atoms with E-state index in [0.717, 1.165) is 22.0 Å². The monoisotopic (exact) mass is 288 g/mol. The SMILES string of the molecule is CCNc1cc(Sc2cccc(C)c2)cc([N+](=O)[O-])c1. The van der Waals surface area contributed by atoms with Crippen LogP contribution >= 0.6 is 11.8 Å². The van der Waals surface area contributed by atoms with Crippen LogP contribution in [-0.2, 0) is 0 Å². The molecule has 2 rings (SSSR count). The number of hydrogen-bond acceptors (Lipinski definition) is 4. The van der Waals surface area contributed by atoms with Gasteiger partial charge < -0.3 is 5.32 Å². The second-order valence-corrected chi connectivity index (χ2v) is 5.57. The van der Waals surface area contributed by atoms with Gasteiger partial charge in [0.05, 0.1) is 4.92 Å². The lowest BCUT2D eigenvalue weighted by Gasteiger charge is -2.07. The second-order valence-electron chi connectivity index (χ2n) is 4.42. The summed E-state index contributed by atoms with van der Waals surface area (Å²) in [6.45, 7) is 4.73. The summed E-state index contributed by atoms with van der Waals surface area (Å²) < 4.78 is 0. The molecule has 4 nitrogen and oxygen atoms in total. The summed E-state index contributed by atoms with van der Waals surface area (Å²) >= 11 is 1.53. The number of anilines is 1. The van der Waals surface area contributed by atoms with E-state index < -0.39 is 0 Å². The van der Waals surface area contributed by atoms with Gasteiger partial charge >= 0.3 is 0 Å². The molecule has 0 aromatic heterocycles. The summed E-state index contributed by atoms with van der Waals surface area (Å²) in [5.41, 5.74) is 2.06.